The largest absolute Gasteiger partial charge is 0.392 e. The number of aliphatic hydroxyl groups excluding tert-OH is 1. The van der Waals surface area contributed by atoms with Crippen molar-refractivity contribution in [2.45, 2.75) is 23.9 Å². The highest BCUT2D eigenvalue weighted by molar-refractivity contribution is 5.92. The number of β-amino-alcohol motifs (C(OH)–C–C–N with tert-alkyl or cyclic N) is 1. The summed E-state index contributed by atoms with van der Waals surface area (Å²) in [6.07, 6.45) is 0.430. The molecule has 0 radical (unpaired) electrons. The molecule has 0 saturated carbocycles. The van der Waals surface area contributed by atoms with Crippen molar-refractivity contribution in [3.05, 3.63) is 108 Å². The van der Waals surface area contributed by atoms with Gasteiger partial charge in [-0.3, -0.25) is 4.79 Å². The summed E-state index contributed by atoms with van der Waals surface area (Å²) >= 11 is 0. The van der Waals surface area contributed by atoms with Crippen LogP contribution in [0.1, 0.15) is 29.0 Å². The van der Waals surface area contributed by atoms with Crippen LogP contribution in [0.2, 0.25) is 0 Å². The van der Waals surface area contributed by atoms with Gasteiger partial charge in [0.15, 0.2) is 0 Å². The summed E-state index contributed by atoms with van der Waals surface area (Å²) in [5.41, 5.74) is 8.07. The van der Waals surface area contributed by atoms with Crippen molar-refractivity contribution in [1.29, 1.82) is 0 Å². The van der Waals surface area contributed by atoms with E-state index >= 15 is 0 Å². The first-order valence-electron chi connectivity index (χ1n) is 10.5. The lowest BCUT2D eigenvalue weighted by Crippen LogP contribution is -2.50. The van der Waals surface area contributed by atoms with Gasteiger partial charge in [0.2, 0.25) is 5.91 Å². The Morgan fingerprint density at radius 3 is 1.87 bits per heavy atom. The van der Waals surface area contributed by atoms with Crippen LogP contribution in [0.15, 0.2) is 91.0 Å². The Labute approximate surface area is 178 Å². The van der Waals surface area contributed by atoms with E-state index in [4.69, 9.17) is 5.73 Å². The third kappa shape index (κ3) is 3.76. The zero-order valence-electron chi connectivity index (χ0n) is 17.0. The minimum absolute atomic E-state index is 0.203. The molecule has 1 saturated heterocycles. The molecule has 0 bridgehead atoms. The lowest BCUT2D eigenvalue weighted by Gasteiger charge is -2.41. The van der Waals surface area contributed by atoms with Crippen LogP contribution in [0, 0.1) is 0 Å². The van der Waals surface area contributed by atoms with E-state index in [1.165, 1.54) is 0 Å². The highest BCUT2D eigenvalue weighted by Gasteiger charge is 2.48. The van der Waals surface area contributed by atoms with Crippen LogP contribution in [0.3, 0.4) is 0 Å². The van der Waals surface area contributed by atoms with E-state index in [-0.39, 0.29) is 17.9 Å². The molecule has 1 amide bonds. The number of primary amides is 1. The number of amides is 1. The molecule has 1 aliphatic heterocycles. The maximum absolute atomic E-state index is 13.4. The Balaban J connectivity index is 1.94. The summed E-state index contributed by atoms with van der Waals surface area (Å²) in [6.45, 7) is 2.05. The van der Waals surface area contributed by atoms with Gasteiger partial charge >= 0.3 is 0 Å². The van der Waals surface area contributed by atoms with Gasteiger partial charge in [0, 0.05) is 25.6 Å². The molecule has 154 valence electrons. The number of likely N-dealkylation sites (tertiary alicyclic amines) is 1. The number of rotatable bonds is 7. The smallest absolute Gasteiger partial charge is 0.233 e. The lowest BCUT2D eigenvalue weighted by atomic mass is 9.62. The van der Waals surface area contributed by atoms with E-state index in [1.807, 2.05) is 78.9 Å². The SMILES string of the molecule is NC(=O)C(c1ccccc1)(c1ccccc1)C(CN1CC[C@H](O)C1)c1ccccc1. The second-order valence-electron chi connectivity index (χ2n) is 8.07. The number of hydrogen-bond acceptors (Lipinski definition) is 3. The first kappa shape index (κ1) is 20.3. The Hall–Kier alpha value is -2.95. The summed E-state index contributed by atoms with van der Waals surface area (Å²) in [7, 11) is 0. The van der Waals surface area contributed by atoms with Gasteiger partial charge in [-0.1, -0.05) is 91.0 Å². The van der Waals surface area contributed by atoms with E-state index in [0.29, 0.717) is 13.1 Å². The summed E-state index contributed by atoms with van der Waals surface area (Å²) in [4.78, 5) is 15.7. The minimum atomic E-state index is -1.03. The van der Waals surface area contributed by atoms with Gasteiger partial charge < -0.3 is 15.7 Å². The number of hydrogen-bond donors (Lipinski definition) is 2. The molecule has 4 heteroatoms. The van der Waals surface area contributed by atoms with Gasteiger partial charge in [0.1, 0.15) is 5.41 Å². The quantitative estimate of drug-likeness (QED) is 0.639. The van der Waals surface area contributed by atoms with Gasteiger partial charge in [0.05, 0.1) is 6.10 Å². The second kappa shape index (κ2) is 8.82. The highest BCUT2D eigenvalue weighted by Crippen LogP contribution is 2.45. The van der Waals surface area contributed by atoms with Crippen molar-refractivity contribution >= 4 is 5.91 Å². The number of nitrogens with zero attached hydrogens (tertiary/aromatic N) is 1. The maximum atomic E-state index is 13.4. The fourth-order valence-electron chi connectivity index (χ4n) is 4.84. The van der Waals surface area contributed by atoms with Crippen LogP contribution in [-0.4, -0.2) is 41.7 Å². The Morgan fingerprint density at radius 2 is 1.43 bits per heavy atom. The number of aliphatic hydroxyl groups is 1. The third-order valence-electron chi connectivity index (χ3n) is 6.26. The first-order chi connectivity index (χ1) is 14.6. The summed E-state index contributed by atoms with van der Waals surface area (Å²) in [5, 5.41) is 10.1. The predicted molar refractivity (Wildman–Crippen MR) is 119 cm³/mol. The van der Waals surface area contributed by atoms with E-state index in [0.717, 1.165) is 29.7 Å². The van der Waals surface area contributed by atoms with Crippen LogP contribution in [0.25, 0.3) is 0 Å². The van der Waals surface area contributed by atoms with Crippen LogP contribution in [0.5, 0.6) is 0 Å². The van der Waals surface area contributed by atoms with Gasteiger partial charge in [-0.15, -0.1) is 0 Å². The highest BCUT2D eigenvalue weighted by atomic mass is 16.3. The van der Waals surface area contributed by atoms with Crippen LogP contribution in [0.4, 0.5) is 0 Å². The van der Waals surface area contributed by atoms with Crippen LogP contribution < -0.4 is 5.73 Å². The molecule has 0 aromatic heterocycles. The van der Waals surface area contributed by atoms with Crippen molar-refractivity contribution in [1.82, 2.24) is 4.90 Å². The maximum Gasteiger partial charge on any atom is 0.233 e. The lowest BCUT2D eigenvalue weighted by molar-refractivity contribution is -0.123. The van der Waals surface area contributed by atoms with E-state index in [2.05, 4.69) is 17.0 Å². The fourth-order valence-corrected chi connectivity index (χ4v) is 4.84. The molecule has 3 aromatic rings. The summed E-state index contributed by atoms with van der Waals surface area (Å²) in [6, 6.07) is 29.8. The standard InChI is InChI=1S/C26H28N2O2/c27-25(30)26(21-12-6-2-7-13-21,22-14-8-3-9-15-22)24(20-10-4-1-5-11-20)19-28-17-16-23(29)18-28/h1-15,23-24,29H,16-19H2,(H2,27,30)/t23-,24?/m0/s1. The molecule has 1 heterocycles. The Bertz CT molecular complexity index is 921. The van der Waals surface area contributed by atoms with Gasteiger partial charge in [-0.25, -0.2) is 0 Å². The predicted octanol–water partition coefficient (Wildman–Crippen LogP) is 3.31. The average Bonchev–Trinajstić information content (AvgIpc) is 3.20. The molecule has 0 spiro atoms. The molecule has 2 atom stereocenters. The summed E-state index contributed by atoms with van der Waals surface area (Å²) in [5.74, 6) is -0.570. The number of benzene rings is 3. The normalized spacial score (nSPS) is 18.2. The molecule has 1 unspecified atom stereocenters. The molecule has 4 rings (SSSR count). The molecule has 3 aromatic carbocycles. The molecule has 4 nitrogen and oxygen atoms in total. The Morgan fingerprint density at radius 1 is 0.933 bits per heavy atom. The number of carbonyl (C=O) groups is 1. The van der Waals surface area contributed by atoms with Crippen LogP contribution >= 0.6 is 0 Å². The second-order valence-corrected chi connectivity index (χ2v) is 8.07. The molecule has 1 fully saturated rings. The number of nitrogens with two attached hydrogens (primary N) is 1. The minimum Gasteiger partial charge on any atom is -0.392 e. The summed E-state index contributed by atoms with van der Waals surface area (Å²) < 4.78 is 0. The van der Waals surface area contributed by atoms with Crippen molar-refractivity contribution in [3.63, 3.8) is 0 Å². The van der Waals surface area contributed by atoms with Gasteiger partial charge in [-0.05, 0) is 23.1 Å². The first-order valence-corrected chi connectivity index (χ1v) is 10.5. The third-order valence-corrected chi connectivity index (χ3v) is 6.26. The van der Waals surface area contributed by atoms with Crippen molar-refractivity contribution in [3.8, 4) is 0 Å². The molecular weight excluding hydrogens is 372 g/mol. The van der Waals surface area contributed by atoms with E-state index < -0.39 is 5.41 Å². The van der Waals surface area contributed by atoms with Crippen molar-refractivity contribution < 1.29 is 9.90 Å². The Kier molecular flexibility index (Phi) is 5.98. The van der Waals surface area contributed by atoms with E-state index in [1.54, 1.807) is 0 Å². The van der Waals surface area contributed by atoms with Crippen molar-refractivity contribution in [2.75, 3.05) is 19.6 Å². The van der Waals surface area contributed by atoms with Gasteiger partial charge in [-0.2, -0.15) is 0 Å². The molecule has 3 N–H and O–H groups in total. The average molecular weight is 401 g/mol. The molecule has 30 heavy (non-hydrogen) atoms. The number of carbonyl (C=O) groups excluding carboxylic acids is 1. The zero-order valence-corrected chi connectivity index (χ0v) is 17.0. The monoisotopic (exact) mass is 400 g/mol. The fraction of sp³-hybridized carbons (Fsp3) is 0.269. The topological polar surface area (TPSA) is 66.6 Å². The molecular formula is C26H28N2O2. The van der Waals surface area contributed by atoms with E-state index in [9.17, 15) is 9.90 Å². The van der Waals surface area contributed by atoms with Crippen LogP contribution in [-0.2, 0) is 10.2 Å². The van der Waals surface area contributed by atoms with Gasteiger partial charge in [0.25, 0.3) is 0 Å². The zero-order chi connectivity index (χ0) is 21.0. The van der Waals surface area contributed by atoms with Crippen molar-refractivity contribution in [2.24, 2.45) is 5.73 Å². The molecule has 1 aliphatic rings. The molecule has 0 aliphatic carbocycles.